The van der Waals surface area contributed by atoms with Crippen LogP contribution in [-0.2, 0) is 14.9 Å². The molecule has 1 aromatic carbocycles. The van der Waals surface area contributed by atoms with Crippen molar-refractivity contribution in [2.45, 2.75) is 45.6 Å². The van der Waals surface area contributed by atoms with Gasteiger partial charge in [-0.25, -0.2) is 0 Å². The Kier molecular flexibility index (Phi) is 6.69. The van der Waals surface area contributed by atoms with Crippen molar-refractivity contribution in [3.05, 3.63) is 29.8 Å². The van der Waals surface area contributed by atoms with Gasteiger partial charge in [-0.2, -0.15) is 0 Å². The fraction of sp³-hybridized carbons (Fsp3) is 0.588. The fourth-order valence-electron chi connectivity index (χ4n) is 2.19. The molecule has 4 heteroatoms. The van der Waals surface area contributed by atoms with Crippen LogP contribution in [0.2, 0.25) is 0 Å². The molecule has 21 heavy (non-hydrogen) atoms. The Morgan fingerprint density at radius 3 is 2.52 bits per heavy atom. The highest BCUT2D eigenvalue weighted by Gasteiger charge is 2.20. The minimum Gasteiger partial charge on any atom is -0.493 e. The van der Waals surface area contributed by atoms with Crippen molar-refractivity contribution in [1.82, 2.24) is 5.32 Å². The van der Waals surface area contributed by atoms with E-state index in [2.05, 4.69) is 32.2 Å². The molecule has 1 atom stereocenters. The second-order valence-corrected chi connectivity index (χ2v) is 6.02. The van der Waals surface area contributed by atoms with Crippen molar-refractivity contribution in [1.29, 1.82) is 0 Å². The topological polar surface area (TPSA) is 47.6 Å². The standard InChI is InChI=1S/C17H27NO3/c1-6-18-14(16(19)20-5)11-12-21-15-10-8-7-9-13(15)17(2,3)4/h7-10,14,18H,6,11-12H2,1-5H3. The van der Waals surface area contributed by atoms with Crippen molar-refractivity contribution in [2.24, 2.45) is 0 Å². The van der Waals surface area contributed by atoms with Gasteiger partial charge in [0.2, 0.25) is 0 Å². The molecule has 0 bridgehead atoms. The van der Waals surface area contributed by atoms with Gasteiger partial charge in [0, 0.05) is 6.42 Å². The molecular weight excluding hydrogens is 266 g/mol. The summed E-state index contributed by atoms with van der Waals surface area (Å²) in [5, 5.41) is 3.11. The number of likely N-dealkylation sites (N-methyl/N-ethyl adjacent to an activating group) is 1. The second-order valence-electron chi connectivity index (χ2n) is 6.02. The van der Waals surface area contributed by atoms with Crippen LogP contribution in [0.25, 0.3) is 0 Å². The maximum atomic E-state index is 11.6. The molecule has 0 heterocycles. The molecule has 0 spiro atoms. The van der Waals surface area contributed by atoms with E-state index in [0.717, 1.165) is 12.3 Å². The molecule has 0 radical (unpaired) electrons. The van der Waals surface area contributed by atoms with Crippen molar-refractivity contribution in [2.75, 3.05) is 20.3 Å². The Balaban J connectivity index is 2.65. The van der Waals surface area contributed by atoms with Crippen LogP contribution >= 0.6 is 0 Å². The predicted molar refractivity (Wildman–Crippen MR) is 84.7 cm³/mol. The van der Waals surface area contributed by atoms with E-state index in [-0.39, 0.29) is 17.4 Å². The Bertz CT molecular complexity index is 452. The number of carbonyl (C=O) groups excluding carboxylic acids is 1. The van der Waals surface area contributed by atoms with Crippen LogP contribution in [0.15, 0.2) is 24.3 Å². The number of carbonyl (C=O) groups is 1. The third-order valence-corrected chi connectivity index (χ3v) is 3.30. The zero-order valence-electron chi connectivity index (χ0n) is 13.7. The van der Waals surface area contributed by atoms with E-state index in [9.17, 15) is 4.79 Å². The lowest BCUT2D eigenvalue weighted by molar-refractivity contribution is -0.143. The van der Waals surface area contributed by atoms with Gasteiger partial charge in [0.25, 0.3) is 0 Å². The molecule has 0 saturated carbocycles. The number of methoxy groups -OCH3 is 1. The number of rotatable bonds is 7. The molecule has 1 aromatic rings. The third-order valence-electron chi connectivity index (χ3n) is 3.30. The van der Waals surface area contributed by atoms with Crippen LogP contribution in [-0.4, -0.2) is 32.3 Å². The molecule has 0 amide bonds. The monoisotopic (exact) mass is 293 g/mol. The molecular formula is C17H27NO3. The van der Waals surface area contributed by atoms with Gasteiger partial charge in [-0.1, -0.05) is 45.9 Å². The molecule has 0 aromatic heterocycles. The van der Waals surface area contributed by atoms with E-state index in [0.29, 0.717) is 13.0 Å². The number of benzene rings is 1. The third kappa shape index (κ3) is 5.38. The van der Waals surface area contributed by atoms with Gasteiger partial charge >= 0.3 is 5.97 Å². The van der Waals surface area contributed by atoms with Gasteiger partial charge in [-0.3, -0.25) is 4.79 Å². The highest BCUT2D eigenvalue weighted by Crippen LogP contribution is 2.30. The van der Waals surface area contributed by atoms with Crippen LogP contribution in [0.5, 0.6) is 5.75 Å². The number of ether oxygens (including phenoxy) is 2. The SMILES string of the molecule is CCNC(CCOc1ccccc1C(C)(C)C)C(=O)OC. The minimum atomic E-state index is -0.318. The number of hydrogen-bond acceptors (Lipinski definition) is 4. The smallest absolute Gasteiger partial charge is 0.322 e. The first-order valence-electron chi connectivity index (χ1n) is 7.43. The van der Waals surface area contributed by atoms with Gasteiger partial charge in [-0.15, -0.1) is 0 Å². The summed E-state index contributed by atoms with van der Waals surface area (Å²) < 4.78 is 10.7. The number of esters is 1. The number of para-hydroxylation sites is 1. The van der Waals surface area contributed by atoms with Crippen molar-refractivity contribution >= 4 is 5.97 Å². The highest BCUT2D eigenvalue weighted by molar-refractivity contribution is 5.75. The van der Waals surface area contributed by atoms with Gasteiger partial charge in [-0.05, 0) is 23.6 Å². The van der Waals surface area contributed by atoms with E-state index < -0.39 is 0 Å². The highest BCUT2D eigenvalue weighted by atomic mass is 16.5. The maximum Gasteiger partial charge on any atom is 0.322 e. The van der Waals surface area contributed by atoms with Crippen LogP contribution in [0.3, 0.4) is 0 Å². The maximum absolute atomic E-state index is 11.6. The summed E-state index contributed by atoms with van der Waals surface area (Å²) in [6, 6.07) is 7.72. The largest absolute Gasteiger partial charge is 0.493 e. The van der Waals surface area contributed by atoms with Crippen LogP contribution in [0.1, 0.15) is 39.7 Å². The van der Waals surface area contributed by atoms with Crippen LogP contribution < -0.4 is 10.1 Å². The summed E-state index contributed by atoms with van der Waals surface area (Å²) in [6.07, 6.45) is 0.582. The average molecular weight is 293 g/mol. The second kappa shape index (κ2) is 8.03. The summed E-state index contributed by atoms with van der Waals surface area (Å²) in [6.45, 7) is 9.63. The lowest BCUT2D eigenvalue weighted by atomic mass is 9.86. The molecule has 1 rings (SSSR count). The first-order valence-corrected chi connectivity index (χ1v) is 7.43. The average Bonchev–Trinajstić information content (AvgIpc) is 2.45. The molecule has 1 N–H and O–H groups in total. The van der Waals surface area contributed by atoms with Crippen molar-refractivity contribution in [3.8, 4) is 5.75 Å². The molecule has 1 unspecified atom stereocenters. The first kappa shape index (κ1) is 17.5. The van der Waals surface area contributed by atoms with Crippen molar-refractivity contribution < 1.29 is 14.3 Å². The fourth-order valence-corrected chi connectivity index (χ4v) is 2.19. The number of hydrogen-bond donors (Lipinski definition) is 1. The Morgan fingerprint density at radius 2 is 1.95 bits per heavy atom. The van der Waals surface area contributed by atoms with Crippen LogP contribution in [0, 0.1) is 0 Å². The van der Waals surface area contributed by atoms with E-state index in [1.807, 2.05) is 25.1 Å². The Morgan fingerprint density at radius 1 is 1.29 bits per heavy atom. The lowest BCUT2D eigenvalue weighted by Gasteiger charge is -2.23. The first-order chi connectivity index (χ1) is 9.90. The Labute approximate surface area is 127 Å². The van der Waals surface area contributed by atoms with E-state index in [1.54, 1.807) is 0 Å². The molecule has 0 fully saturated rings. The summed E-state index contributed by atoms with van der Waals surface area (Å²) in [7, 11) is 1.41. The zero-order chi connectivity index (χ0) is 15.9. The summed E-state index contributed by atoms with van der Waals surface area (Å²) in [5.41, 5.74) is 1.20. The summed E-state index contributed by atoms with van der Waals surface area (Å²) in [5.74, 6) is 0.634. The lowest BCUT2D eigenvalue weighted by Crippen LogP contribution is -2.38. The molecule has 0 aliphatic rings. The zero-order valence-corrected chi connectivity index (χ0v) is 13.7. The van der Waals surface area contributed by atoms with E-state index in [4.69, 9.17) is 9.47 Å². The van der Waals surface area contributed by atoms with Crippen LogP contribution in [0.4, 0.5) is 0 Å². The van der Waals surface area contributed by atoms with Gasteiger partial charge in [0.15, 0.2) is 0 Å². The van der Waals surface area contributed by atoms with Gasteiger partial charge < -0.3 is 14.8 Å². The van der Waals surface area contributed by atoms with E-state index >= 15 is 0 Å². The molecule has 0 aliphatic carbocycles. The molecule has 4 nitrogen and oxygen atoms in total. The molecule has 118 valence electrons. The minimum absolute atomic E-state index is 0.0278. The van der Waals surface area contributed by atoms with Crippen molar-refractivity contribution in [3.63, 3.8) is 0 Å². The predicted octanol–water partition coefficient (Wildman–Crippen LogP) is 2.90. The van der Waals surface area contributed by atoms with Gasteiger partial charge in [0.05, 0.1) is 13.7 Å². The molecule has 0 aliphatic heterocycles. The van der Waals surface area contributed by atoms with E-state index in [1.165, 1.54) is 12.7 Å². The summed E-state index contributed by atoms with van der Waals surface area (Å²) >= 11 is 0. The number of nitrogens with one attached hydrogen (secondary N) is 1. The molecule has 0 saturated heterocycles. The quantitative estimate of drug-likeness (QED) is 0.785. The summed E-state index contributed by atoms with van der Waals surface area (Å²) in [4.78, 5) is 11.6. The normalized spacial score (nSPS) is 12.8. The Hall–Kier alpha value is -1.55. The van der Waals surface area contributed by atoms with Gasteiger partial charge in [0.1, 0.15) is 11.8 Å².